The standard InChI is InChI=1S/C41H30O26/c42-11-1-7(2-12(43)23(11)47)37(58)64-16-6-63-38(59)8-3-13(44)24(48)27(51)17(8)18-9(4-14(45)25(49)28(18)52)39(60)65-34(16)36-35-32(56)22-21(41(62)66-35)20(30(54)33(57)31(22)55)19-10(40(61)67-36)5-15(46)26(50)29(19)53/h1-5,16,18,28,32,34-36,42-57H,6H2. The largest absolute Gasteiger partial charge is 0.506 e. The van der Waals surface area contributed by atoms with E-state index in [0.29, 0.717) is 30.3 Å². The highest BCUT2D eigenvalue weighted by Gasteiger charge is 2.55. The molecule has 5 aliphatic rings. The van der Waals surface area contributed by atoms with Gasteiger partial charge in [0.25, 0.3) is 0 Å². The summed E-state index contributed by atoms with van der Waals surface area (Å²) in [6, 6.07) is 1.87. The van der Waals surface area contributed by atoms with Crippen molar-refractivity contribution in [3.8, 4) is 80.1 Å². The molecule has 4 aromatic carbocycles. The molecule has 7 unspecified atom stereocenters. The summed E-state index contributed by atoms with van der Waals surface area (Å²) in [5.41, 5.74) is -9.50. The summed E-state index contributed by atoms with van der Waals surface area (Å²) < 4.78 is 27.7. The van der Waals surface area contributed by atoms with E-state index in [0.717, 1.165) is 0 Å². The average Bonchev–Trinajstić information content (AvgIpc) is 3.29. The maximum absolute atomic E-state index is 14.7. The van der Waals surface area contributed by atoms with E-state index in [2.05, 4.69) is 0 Å². The van der Waals surface area contributed by atoms with E-state index >= 15 is 0 Å². The Morgan fingerprint density at radius 2 is 1.04 bits per heavy atom. The molecule has 0 saturated heterocycles. The van der Waals surface area contributed by atoms with Gasteiger partial charge in [-0.2, -0.15) is 0 Å². The lowest BCUT2D eigenvalue weighted by atomic mass is 9.79. The molecule has 1 aliphatic carbocycles. The number of aliphatic hydroxyl groups excluding tert-OH is 4. The number of hydrogen-bond donors (Lipinski definition) is 16. The maximum atomic E-state index is 14.7. The summed E-state index contributed by atoms with van der Waals surface area (Å²) in [4.78, 5) is 71.0. The van der Waals surface area contributed by atoms with Gasteiger partial charge in [-0.15, -0.1) is 0 Å². The number of hydrogen-bond acceptors (Lipinski definition) is 26. The van der Waals surface area contributed by atoms with Crippen molar-refractivity contribution in [2.45, 2.75) is 42.5 Å². The second kappa shape index (κ2) is 15.5. The van der Waals surface area contributed by atoms with Crippen LogP contribution in [0.15, 0.2) is 47.4 Å². The Hall–Kier alpha value is -9.17. The van der Waals surface area contributed by atoms with Gasteiger partial charge in [0.05, 0.1) is 33.7 Å². The van der Waals surface area contributed by atoms with E-state index in [1.807, 2.05) is 0 Å². The summed E-state index contributed by atoms with van der Waals surface area (Å²) in [5.74, 6) is -29.9. The third-order valence-electron chi connectivity index (χ3n) is 11.2. The Morgan fingerprint density at radius 1 is 0.507 bits per heavy atom. The number of esters is 5. The first-order valence-electron chi connectivity index (χ1n) is 18.8. The van der Waals surface area contributed by atoms with Crippen LogP contribution in [0.4, 0.5) is 0 Å². The molecule has 67 heavy (non-hydrogen) atoms. The second-order valence-electron chi connectivity index (χ2n) is 15.0. The highest BCUT2D eigenvalue weighted by Crippen LogP contribution is 2.58. The molecule has 0 spiro atoms. The van der Waals surface area contributed by atoms with Crippen molar-refractivity contribution < 1.29 is 129 Å². The summed E-state index contributed by atoms with van der Waals surface area (Å²) in [6.07, 6.45) is -15.5. The Labute approximate surface area is 368 Å². The molecule has 0 saturated carbocycles. The third-order valence-corrected chi connectivity index (χ3v) is 11.2. The van der Waals surface area contributed by atoms with Crippen LogP contribution in [0.1, 0.15) is 64.6 Å². The normalized spacial score (nSPS) is 23.5. The molecule has 0 fully saturated rings. The number of phenols is 12. The SMILES string of the molecule is O=C1OC(C2OC(=O)c3cc(O)c(O)c(O)c3-c3c(O)c(O)c(O)c4c3C(=O)OC2C4O)C(OC(=O)c2cc(O)c(O)c(O)c2)COC(=O)c2cc(O)c(O)c(O)c2C2C1=CC(O)=C(O)C2O. The molecule has 26 nitrogen and oxygen atoms in total. The van der Waals surface area contributed by atoms with Crippen LogP contribution in [0.25, 0.3) is 11.1 Å². The number of allylic oxidation sites excluding steroid dienone is 1. The summed E-state index contributed by atoms with van der Waals surface area (Å²) in [5, 5.41) is 172. The molecule has 4 aromatic rings. The highest BCUT2D eigenvalue weighted by atomic mass is 16.6. The Kier molecular flexibility index (Phi) is 10.3. The Bertz CT molecular complexity index is 2960. The summed E-state index contributed by atoms with van der Waals surface area (Å²) in [7, 11) is 0. The second-order valence-corrected chi connectivity index (χ2v) is 15.0. The quantitative estimate of drug-likeness (QED) is 0.0761. The number of ether oxygens (including phenoxy) is 5. The highest BCUT2D eigenvalue weighted by molar-refractivity contribution is 6.10. The molecular formula is C41H30O26. The third kappa shape index (κ3) is 6.69. The fraction of sp³-hybridized carbons (Fsp3) is 0.195. The van der Waals surface area contributed by atoms with Gasteiger partial charge in [0.2, 0.25) is 17.2 Å². The Balaban J connectivity index is 1.40. The van der Waals surface area contributed by atoms with Gasteiger partial charge >= 0.3 is 29.8 Å². The number of cyclic esters (lactones) is 2. The van der Waals surface area contributed by atoms with Crippen LogP contribution in [0.3, 0.4) is 0 Å². The van der Waals surface area contributed by atoms with Crippen LogP contribution in [0.2, 0.25) is 0 Å². The zero-order chi connectivity index (χ0) is 49.0. The minimum atomic E-state index is -2.77. The number of aliphatic hydroxyl groups is 4. The van der Waals surface area contributed by atoms with Gasteiger partial charge in [-0.25, -0.2) is 24.0 Å². The van der Waals surface area contributed by atoms with E-state index in [9.17, 15) is 106 Å². The van der Waals surface area contributed by atoms with Crippen LogP contribution in [-0.2, 0) is 28.5 Å². The monoisotopic (exact) mass is 938 g/mol. The molecule has 16 N–H and O–H groups in total. The van der Waals surface area contributed by atoms with Crippen LogP contribution in [0.5, 0.6) is 69.0 Å². The zero-order valence-corrected chi connectivity index (χ0v) is 32.9. The van der Waals surface area contributed by atoms with Crippen molar-refractivity contribution in [1.29, 1.82) is 0 Å². The predicted octanol–water partition coefficient (Wildman–Crippen LogP) is 0.652. The van der Waals surface area contributed by atoms with E-state index < -0.39 is 210 Å². The molecule has 0 radical (unpaired) electrons. The fourth-order valence-corrected chi connectivity index (χ4v) is 8.04. The molecule has 26 heteroatoms. The lowest BCUT2D eigenvalue weighted by Crippen LogP contribution is -2.56. The van der Waals surface area contributed by atoms with Crippen molar-refractivity contribution in [2.75, 3.05) is 6.61 Å². The minimum Gasteiger partial charge on any atom is -0.506 e. The predicted molar refractivity (Wildman–Crippen MR) is 207 cm³/mol. The first-order valence-corrected chi connectivity index (χ1v) is 18.8. The fourth-order valence-electron chi connectivity index (χ4n) is 8.04. The molecule has 0 amide bonds. The van der Waals surface area contributed by atoms with E-state index in [4.69, 9.17) is 23.7 Å². The van der Waals surface area contributed by atoms with Gasteiger partial charge in [0, 0.05) is 22.3 Å². The van der Waals surface area contributed by atoms with E-state index in [-0.39, 0.29) is 0 Å². The van der Waals surface area contributed by atoms with Crippen molar-refractivity contribution >= 4 is 29.8 Å². The van der Waals surface area contributed by atoms with Crippen molar-refractivity contribution in [2.24, 2.45) is 0 Å². The van der Waals surface area contributed by atoms with Crippen molar-refractivity contribution in [3.63, 3.8) is 0 Å². The van der Waals surface area contributed by atoms with Crippen LogP contribution < -0.4 is 0 Å². The molecular weight excluding hydrogens is 908 g/mol. The molecule has 4 aliphatic heterocycles. The lowest BCUT2D eigenvalue weighted by molar-refractivity contribution is -0.182. The summed E-state index contributed by atoms with van der Waals surface area (Å²) in [6.45, 7) is -1.49. The van der Waals surface area contributed by atoms with E-state index in [1.165, 1.54) is 0 Å². The molecule has 4 heterocycles. The molecule has 4 bridgehead atoms. The average molecular weight is 939 g/mol. The van der Waals surface area contributed by atoms with Crippen molar-refractivity contribution in [1.82, 2.24) is 0 Å². The van der Waals surface area contributed by atoms with Gasteiger partial charge in [-0.05, 0) is 30.3 Å². The van der Waals surface area contributed by atoms with Crippen LogP contribution in [0, 0.1) is 0 Å². The number of aromatic hydroxyl groups is 12. The smallest absolute Gasteiger partial charge is 0.339 e. The lowest BCUT2D eigenvalue weighted by Gasteiger charge is -2.41. The summed E-state index contributed by atoms with van der Waals surface area (Å²) >= 11 is 0. The minimum absolute atomic E-state index is 0.387. The van der Waals surface area contributed by atoms with Gasteiger partial charge in [0.1, 0.15) is 18.8 Å². The molecule has 7 atom stereocenters. The van der Waals surface area contributed by atoms with Gasteiger partial charge < -0.3 is 105 Å². The topological polar surface area (TPSA) is 455 Å². The number of fused-ring (bicyclic) bond motifs is 6. The number of benzene rings is 4. The first-order chi connectivity index (χ1) is 31.5. The van der Waals surface area contributed by atoms with Gasteiger partial charge in [-0.3, -0.25) is 0 Å². The maximum Gasteiger partial charge on any atom is 0.339 e. The number of rotatable bonds is 3. The molecule has 9 rings (SSSR count). The van der Waals surface area contributed by atoms with E-state index in [1.54, 1.807) is 0 Å². The number of carbonyl (C=O) groups excluding carboxylic acids is 5. The van der Waals surface area contributed by atoms with Gasteiger partial charge in [0.15, 0.2) is 87.7 Å². The molecule has 0 aromatic heterocycles. The van der Waals surface area contributed by atoms with Crippen LogP contribution in [-0.4, -0.2) is 149 Å². The molecule has 350 valence electrons. The van der Waals surface area contributed by atoms with Gasteiger partial charge in [-0.1, -0.05) is 0 Å². The first kappa shape index (κ1) is 44.4. The zero-order valence-electron chi connectivity index (χ0n) is 32.9. The number of phenolic OH excluding ortho intramolecular Hbond substituents is 12. The number of carbonyl (C=O) groups is 5. The van der Waals surface area contributed by atoms with Crippen molar-refractivity contribution in [3.05, 3.63) is 80.8 Å². The Morgan fingerprint density at radius 3 is 1.69 bits per heavy atom. The van der Waals surface area contributed by atoms with Crippen LogP contribution >= 0.6 is 0 Å².